The third-order valence-corrected chi connectivity index (χ3v) is 4.65. The fourth-order valence-corrected chi connectivity index (χ4v) is 2.87. The lowest BCUT2D eigenvalue weighted by Crippen LogP contribution is -2.25. The van der Waals surface area contributed by atoms with Gasteiger partial charge in [0, 0.05) is 30.6 Å². The Morgan fingerprint density at radius 1 is 1.11 bits per heavy atom. The Bertz CT molecular complexity index is 738. The number of Topliss-reactive ketones (excluding diaryl/α,β-unsaturated/α-hetero) is 1. The third kappa shape index (κ3) is 7.55. The van der Waals surface area contributed by atoms with E-state index in [9.17, 15) is 9.59 Å². The molecular formula is C22H31N3O3. The molecule has 0 spiro atoms. The minimum absolute atomic E-state index is 0.0262. The predicted molar refractivity (Wildman–Crippen MR) is 110 cm³/mol. The summed E-state index contributed by atoms with van der Waals surface area (Å²) in [5, 5.41) is 9.76. The maximum atomic E-state index is 12.3. The zero-order valence-electron chi connectivity index (χ0n) is 16.9. The molecule has 0 aliphatic rings. The fraction of sp³-hybridized carbons (Fsp3) is 0.500. The van der Waals surface area contributed by atoms with Crippen LogP contribution in [0.5, 0.6) is 5.75 Å². The Morgan fingerprint density at radius 3 is 2.57 bits per heavy atom. The summed E-state index contributed by atoms with van der Waals surface area (Å²) in [5.41, 5.74) is 2.85. The van der Waals surface area contributed by atoms with Gasteiger partial charge in [-0.1, -0.05) is 19.8 Å². The predicted octanol–water partition coefficient (Wildman–Crippen LogP) is 4.00. The van der Waals surface area contributed by atoms with Crippen molar-refractivity contribution in [3.63, 3.8) is 0 Å². The fourth-order valence-electron chi connectivity index (χ4n) is 2.87. The number of nitrogens with zero attached hydrogens (tertiary/aromatic N) is 1. The summed E-state index contributed by atoms with van der Waals surface area (Å²) in [5.74, 6) is 0.660. The number of aryl methyl sites for hydroxylation is 2. The topological polar surface area (TPSA) is 84.1 Å². The molecule has 0 atom stereocenters. The van der Waals surface area contributed by atoms with Crippen molar-refractivity contribution in [2.24, 2.45) is 0 Å². The summed E-state index contributed by atoms with van der Waals surface area (Å²) in [6.45, 7) is 5.43. The summed E-state index contributed by atoms with van der Waals surface area (Å²) in [7, 11) is 0. The van der Waals surface area contributed by atoms with Gasteiger partial charge in [0.05, 0.1) is 12.8 Å². The second-order valence-electron chi connectivity index (χ2n) is 6.98. The van der Waals surface area contributed by atoms with E-state index >= 15 is 0 Å². The van der Waals surface area contributed by atoms with Crippen LogP contribution in [-0.2, 0) is 11.2 Å². The average molecular weight is 386 g/mol. The lowest BCUT2D eigenvalue weighted by molar-refractivity contribution is -0.121. The Labute approximate surface area is 167 Å². The van der Waals surface area contributed by atoms with Gasteiger partial charge in [0.2, 0.25) is 5.91 Å². The Morgan fingerprint density at radius 2 is 1.89 bits per heavy atom. The van der Waals surface area contributed by atoms with Crippen molar-refractivity contribution in [1.82, 2.24) is 15.5 Å². The summed E-state index contributed by atoms with van der Waals surface area (Å²) < 4.78 is 5.65. The zero-order chi connectivity index (χ0) is 20.2. The number of H-pyrrole nitrogens is 1. The van der Waals surface area contributed by atoms with Crippen molar-refractivity contribution in [3.05, 3.63) is 47.3 Å². The number of ether oxygens (including phenoxy) is 1. The van der Waals surface area contributed by atoms with E-state index in [2.05, 4.69) is 22.4 Å². The number of aromatic nitrogens is 2. The Balaban J connectivity index is 1.62. The second-order valence-corrected chi connectivity index (χ2v) is 6.98. The number of carbonyl (C=O) groups excluding carboxylic acids is 2. The first-order valence-electron chi connectivity index (χ1n) is 10.1. The lowest BCUT2D eigenvalue weighted by atomic mass is 10.1. The van der Waals surface area contributed by atoms with Crippen molar-refractivity contribution >= 4 is 11.7 Å². The number of unbranched alkanes of at least 4 members (excludes halogenated alkanes) is 2. The third-order valence-electron chi connectivity index (χ3n) is 4.65. The molecule has 0 saturated carbocycles. The van der Waals surface area contributed by atoms with Crippen molar-refractivity contribution in [2.75, 3.05) is 13.2 Å². The summed E-state index contributed by atoms with van der Waals surface area (Å²) in [6, 6.07) is 7.17. The molecule has 0 aliphatic carbocycles. The van der Waals surface area contributed by atoms with Crippen molar-refractivity contribution < 1.29 is 14.3 Å². The van der Waals surface area contributed by atoms with Gasteiger partial charge < -0.3 is 10.1 Å². The van der Waals surface area contributed by atoms with Crippen LogP contribution in [0.3, 0.4) is 0 Å². The minimum atomic E-state index is -0.0897. The van der Waals surface area contributed by atoms with Gasteiger partial charge in [-0.05, 0) is 56.0 Å². The molecule has 28 heavy (non-hydrogen) atoms. The summed E-state index contributed by atoms with van der Waals surface area (Å²) in [6.07, 6.45) is 7.30. The first-order chi connectivity index (χ1) is 13.6. The monoisotopic (exact) mass is 385 g/mol. The maximum absolute atomic E-state index is 12.3. The molecule has 2 N–H and O–H groups in total. The Kier molecular flexibility index (Phi) is 9.25. The highest BCUT2D eigenvalue weighted by Gasteiger charge is 2.10. The lowest BCUT2D eigenvalue weighted by Gasteiger charge is -2.07. The van der Waals surface area contributed by atoms with Crippen molar-refractivity contribution in [1.29, 1.82) is 0 Å². The molecule has 0 bridgehead atoms. The normalized spacial score (nSPS) is 10.6. The first kappa shape index (κ1) is 21.7. The van der Waals surface area contributed by atoms with E-state index in [1.807, 2.05) is 25.3 Å². The van der Waals surface area contributed by atoms with E-state index < -0.39 is 0 Å². The molecule has 2 rings (SSSR count). The largest absolute Gasteiger partial charge is 0.494 e. The molecule has 1 aromatic heterocycles. The molecule has 152 valence electrons. The molecule has 6 heteroatoms. The standard InChI is InChI=1S/C22H31N3O3/c1-3-4-5-15-28-20-10-8-18(9-11-20)21(26)12-13-22(27)23-14-6-7-19-16-24-25-17(19)2/h8-11,16H,3-7,12-15H2,1-2H3,(H,23,27)(H,24,25). The van der Waals surface area contributed by atoms with Crippen LogP contribution in [0, 0.1) is 6.92 Å². The van der Waals surface area contributed by atoms with Gasteiger partial charge in [-0.15, -0.1) is 0 Å². The Hall–Kier alpha value is -2.63. The van der Waals surface area contributed by atoms with Gasteiger partial charge >= 0.3 is 0 Å². The number of aromatic amines is 1. The highest BCUT2D eigenvalue weighted by Crippen LogP contribution is 2.15. The van der Waals surface area contributed by atoms with Crippen molar-refractivity contribution in [3.8, 4) is 5.75 Å². The number of hydrogen-bond donors (Lipinski definition) is 2. The second kappa shape index (κ2) is 12.0. The molecule has 2 aromatic rings. The van der Waals surface area contributed by atoms with E-state index in [-0.39, 0.29) is 24.5 Å². The van der Waals surface area contributed by atoms with E-state index in [0.717, 1.165) is 43.5 Å². The molecule has 0 fully saturated rings. The number of rotatable bonds is 13. The SMILES string of the molecule is CCCCCOc1ccc(C(=O)CCC(=O)NCCCc2cn[nH]c2C)cc1. The van der Waals surface area contributed by atoms with E-state index in [0.29, 0.717) is 18.7 Å². The minimum Gasteiger partial charge on any atom is -0.494 e. The smallest absolute Gasteiger partial charge is 0.220 e. The zero-order valence-corrected chi connectivity index (χ0v) is 16.9. The molecule has 0 saturated heterocycles. The molecule has 1 heterocycles. The molecule has 0 unspecified atom stereocenters. The molecule has 1 amide bonds. The van der Waals surface area contributed by atoms with Crippen LogP contribution >= 0.6 is 0 Å². The van der Waals surface area contributed by atoms with E-state index in [1.54, 1.807) is 12.1 Å². The number of benzene rings is 1. The maximum Gasteiger partial charge on any atom is 0.220 e. The number of hydrogen-bond acceptors (Lipinski definition) is 4. The molecule has 6 nitrogen and oxygen atoms in total. The first-order valence-corrected chi connectivity index (χ1v) is 10.1. The summed E-state index contributed by atoms with van der Waals surface area (Å²) >= 11 is 0. The van der Waals surface area contributed by atoms with Crippen LogP contribution in [0.4, 0.5) is 0 Å². The molecule has 0 radical (unpaired) electrons. The van der Waals surface area contributed by atoms with Gasteiger partial charge in [0.25, 0.3) is 0 Å². The van der Waals surface area contributed by atoms with E-state index in [1.165, 1.54) is 5.56 Å². The van der Waals surface area contributed by atoms with E-state index in [4.69, 9.17) is 4.74 Å². The van der Waals surface area contributed by atoms with Crippen LogP contribution in [0.15, 0.2) is 30.5 Å². The number of ketones is 1. The highest BCUT2D eigenvalue weighted by atomic mass is 16.5. The van der Waals surface area contributed by atoms with Crippen LogP contribution in [0.2, 0.25) is 0 Å². The molecule has 1 aromatic carbocycles. The van der Waals surface area contributed by atoms with Gasteiger partial charge in [0.1, 0.15) is 5.75 Å². The highest BCUT2D eigenvalue weighted by molar-refractivity contribution is 5.98. The van der Waals surface area contributed by atoms with Crippen LogP contribution in [0.25, 0.3) is 0 Å². The van der Waals surface area contributed by atoms with Crippen LogP contribution in [-0.4, -0.2) is 35.0 Å². The molecular weight excluding hydrogens is 354 g/mol. The number of nitrogens with one attached hydrogen (secondary N) is 2. The van der Waals surface area contributed by atoms with Gasteiger partial charge in [-0.2, -0.15) is 5.10 Å². The van der Waals surface area contributed by atoms with Crippen LogP contribution in [0.1, 0.15) is 67.1 Å². The number of carbonyl (C=O) groups is 2. The van der Waals surface area contributed by atoms with Gasteiger partial charge in [-0.3, -0.25) is 14.7 Å². The van der Waals surface area contributed by atoms with Crippen LogP contribution < -0.4 is 10.1 Å². The molecule has 0 aliphatic heterocycles. The summed E-state index contributed by atoms with van der Waals surface area (Å²) in [4.78, 5) is 24.2. The van der Waals surface area contributed by atoms with Crippen molar-refractivity contribution in [2.45, 2.75) is 58.8 Å². The average Bonchev–Trinajstić information content (AvgIpc) is 3.12. The van der Waals surface area contributed by atoms with Gasteiger partial charge in [0.15, 0.2) is 5.78 Å². The quantitative estimate of drug-likeness (QED) is 0.403. The number of amides is 1. The van der Waals surface area contributed by atoms with Gasteiger partial charge in [-0.25, -0.2) is 0 Å².